The molecule has 3 heterocycles. The summed E-state index contributed by atoms with van der Waals surface area (Å²) in [6.07, 6.45) is 2.34. The number of carbonyl (C=O) groups is 2. The van der Waals surface area contributed by atoms with Crippen LogP contribution in [-0.2, 0) is 4.79 Å². The molecule has 4 rings (SSSR count). The van der Waals surface area contributed by atoms with Gasteiger partial charge in [-0.15, -0.1) is 0 Å². The lowest BCUT2D eigenvalue weighted by atomic mass is 9.96. The smallest absolute Gasteiger partial charge is 0.257 e. The van der Waals surface area contributed by atoms with Crippen LogP contribution < -0.4 is 4.74 Å². The van der Waals surface area contributed by atoms with Crippen molar-refractivity contribution in [2.24, 2.45) is 0 Å². The molecule has 3 aliphatic heterocycles. The maximum atomic E-state index is 13.1. The monoisotopic (exact) mass is 371 g/mol. The Morgan fingerprint density at radius 2 is 1.70 bits per heavy atom. The Balaban J connectivity index is 1.36. The number of para-hydroxylation sites is 1. The summed E-state index contributed by atoms with van der Waals surface area (Å²) in [7, 11) is 0. The predicted molar refractivity (Wildman–Crippen MR) is 103 cm³/mol. The maximum Gasteiger partial charge on any atom is 0.257 e. The van der Waals surface area contributed by atoms with Crippen LogP contribution >= 0.6 is 0 Å². The highest BCUT2D eigenvalue weighted by atomic mass is 16.5. The first-order chi connectivity index (χ1) is 13.0. The minimum Gasteiger partial charge on any atom is -0.489 e. The molecule has 0 spiro atoms. The fraction of sp³-hybridized carbons (Fsp3) is 0.619. The molecule has 1 aromatic carbocycles. The van der Waals surface area contributed by atoms with Gasteiger partial charge < -0.3 is 14.5 Å². The molecule has 6 nitrogen and oxygen atoms in total. The van der Waals surface area contributed by atoms with E-state index in [0.717, 1.165) is 50.3 Å². The minimum absolute atomic E-state index is 0.0404. The number of rotatable bonds is 3. The van der Waals surface area contributed by atoms with Crippen molar-refractivity contribution in [3.63, 3.8) is 0 Å². The number of nitrogens with zero attached hydrogens (tertiary/aromatic N) is 3. The van der Waals surface area contributed by atoms with Crippen LogP contribution in [0, 0.1) is 0 Å². The molecule has 2 fully saturated rings. The van der Waals surface area contributed by atoms with Crippen molar-refractivity contribution in [2.75, 3.05) is 45.8 Å². The number of amides is 2. The molecule has 0 bridgehead atoms. The average molecular weight is 371 g/mol. The van der Waals surface area contributed by atoms with Gasteiger partial charge in [-0.25, -0.2) is 0 Å². The third-order valence-corrected chi connectivity index (χ3v) is 6.25. The van der Waals surface area contributed by atoms with E-state index in [1.54, 1.807) is 0 Å². The SMILES string of the molecule is CC1Oc2c(C(=O)N3CCN(CC(=O)N4CCCC4)CC3)cccc2C1C. The summed E-state index contributed by atoms with van der Waals surface area (Å²) >= 11 is 0. The summed E-state index contributed by atoms with van der Waals surface area (Å²) in [6.45, 7) is 9.25. The Bertz CT molecular complexity index is 721. The Morgan fingerprint density at radius 3 is 2.41 bits per heavy atom. The molecule has 0 aliphatic carbocycles. The fourth-order valence-electron chi connectivity index (χ4n) is 4.29. The van der Waals surface area contributed by atoms with E-state index in [0.29, 0.717) is 31.1 Å². The molecule has 1 aromatic rings. The van der Waals surface area contributed by atoms with E-state index in [-0.39, 0.29) is 17.9 Å². The van der Waals surface area contributed by atoms with Crippen LogP contribution in [0.25, 0.3) is 0 Å². The van der Waals surface area contributed by atoms with Gasteiger partial charge >= 0.3 is 0 Å². The Hall–Kier alpha value is -2.08. The van der Waals surface area contributed by atoms with Gasteiger partial charge in [0.05, 0.1) is 12.1 Å². The maximum absolute atomic E-state index is 13.1. The van der Waals surface area contributed by atoms with E-state index in [2.05, 4.69) is 24.8 Å². The summed E-state index contributed by atoms with van der Waals surface area (Å²) in [5, 5.41) is 0. The van der Waals surface area contributed by atoms with E-state index in [9.17, 15) is 9.59 Å². The lowest BCUT2D eigenvalue weighted by Crippen LogP contribution is -2.51. The van der Waals surface area contributed by atoms with Crippen LogP contribution in [0.15, 0.2) is 18.2 Å². The first-order valence-electron chi connectivity index (χ1n) is 10.1. The van der Waals surface area contributed by atoms with Crippen molar-refractivity contribution < 1.29 is 14.3 Å². The van der Waals surface area contributed by atoms with Gasteiger partial charge in [0, 0.05) is 50.7 Å². The summed E-state index contributed by atoms with van der Waals surface area (Å²) in [5.74, 6) is 1.33. The van der Waals surface area contributed by atoms with Crippen molar-refractivity contribution in [3.05, 3.63) is 29.3 Å². The van der Waals surface area contributed by atoms with E-state index in [4.69, 9.17) is 4.74 Å². The number of hydrogen-bond acceptors (Lipinski definition) is 4. The number of hydrogen-bond donors (Lipinski definition) is 0. The van der Waals surface area contributed by atoms with Crippen LogP contribution in [0.1, 0.15) is 48.5 Å². The summed E-state index contributed by atoms with van der Waals surface area (Å²) in [4.78, 5) is 31.4. The largest absolute Gasteiger partial charge is 0.489 e. The van der Waals surface area contributed by atoms with Crippen LogP contribution in [0.5, 0.6) is 5.75 Å². The van der Waals surface area contributed by atoms with Crippen molar-refractivity contribution >= 4 is 11.8 Å². The third kappa shape index (κ3) is 3.55. The topological polar surface area (TPSA) is 53.1 Å². The number of ether oxygens (including phenoxy) is 1. The molecule has 0 aromatic heterocycles. The summed E-state index contributed by atoms with van der Waals surface area (Å²) < 4.78 is 5.98. The predicted octanol–water partition coefficient (Wildman–Crippen LogP) is 1.95. The lowest BCUT2D eigenvalue weighted by Gasteiger charge is -2.35. The molecule has 2 atom stereocenters. The molecule has 2 unspecified atom stereocenters. The van der Waals surface area contributed by atoms with Crippen LogP contribution in [0.2, 0.25) is 0 Å². The van der Waals surface area contributed by atoms with Gasteiger partial charge in [-0.3, -0.25) is 14.5 Å². The second kappa shape index (κ2) is 7.50. The van der Waals surface area contributed by atoms with Gasteiger partial charge in [-0.05, 0) is 25.8 Å². The molecular weight excluding hydrogens is 342 g/mol. The molecule has 2 saturated heterocycles. The number of fused-ring (bicyclic) bond motifs is 1. The molecule has 2 amide bonds. The average Bonchev–Trinajstić information content (AvgIpc) is 3.31. The zero-order valence-electron chi connectivity index (χ0n) is 16.3. The first kappa shape index (κ1) is 18.3. The van der Waals surface area contributed by atoms with E-state index in [1.165, 1.54) is 0 Å². The van der Waals surface area contributed by atoms with Crippen molar-refractivity contribution in [1.82, 2.24) is 14.7 Å². The van der Waals surface area contributed by atoms with Gasteiger partial charge in [0.2, 0.25) is 5.91 Å². The lowest BCUT2D eigenvalue weighted by molar-refractivity contribution is -0.131. The highest BCUT2D eigenvalue weighted by molar-refractivity contribution is 5.97. The normalized spacial score (nSPS) is 25.4. The van der Waals surface area contributed by atoms with Gasteiger partial charge in [0.25, 0.3) is 5.91 Å². The van der Waals surface area contributed by atoms with Gasteiger partial charge in [-0.2, -0.15) is 0 Å². The van der Waals surface area contributed by atoms with E-state index >= 15 is 0 Å². The summed E-state index contributed by atoms with van der Waals surface area (Å²) in [6, 6.07) is 5.88. The Labute approximate surface area is 161 Å². The Morgan fingerprint density at radius 1 is 1.00 bits per heavy atom. The second-order valence-corrected chi connectivity index (χ2v) is 7.99. The van der Waals surface area contributed by atoms with Gasteiger partial charge in [0.15, 0.2) is 0 Å². The highest BCUT2D eigenvalue weighted by Crippen LogP contribution is 2.40. The molecule has 0 radical (unpaired) electrons. The van der Waals surface area contributed by atoms with Gasteiger partial charge in [-0.1, -0.05) is 19.1 Å². The van der Waals surface area contributed by atoms with E-state index in [1.807, 2.05) is 21.9 Å². The minimum atomic E-state index is 0.0404. The van der Waals surface area contributed by atoms with Crippen LogP contribution in [0.4, 0.5) is 0 Å². The van der Waals surface area contributed by atoms with Crippen molar-refractivity contribution in [2.45, 2.75) is 38.7 Å². The van der Waals surface area contributed by atoms with Crippen LogP contribution in [-0.4, -0.2) is 78.4 Å². The van der Waals surface area contributed by atoms with Gasteiger partial charge in [0.1, 0.15) is 11.9 Å². The number of piperazine rings is 1. The molecule has 27 heavy (non-hydrogen) atoms. The Kier molecular flexibility index (Phi) is 5.08. The molecule has 0 saturated carbocycles. The number of likely N-dealkylation sites (tertiary alicyclic amines) is 1. The molecule has 3 aliphatic rings. The molecular formula is C21H29N3O3. The fourth-order valence-corrected chi connectivity index (χ4v) is 4.29. The quantitative estimate of drug-likeness (QED) is 0.815. The third-order valence-electron chi connectivity index (χ3n) is 6.25. The summed E-state index contributed by atoms with van der Waals surface area (Å²) in [5.41, 5.74) is 1.80. The van der Waals surface area contributed by atoms with Crippen molar-refractivity contribution in [1.29, 1.82) is 0 Å². The van der Waals surface area contributed by atoms with Crippen molar-refractivity contribution in [3.8, 4) is 5.75 Å². The molecule has 0 N–H and O–H groups in total. The highest BCUT2D eigenvalue weighted by Gasteiger charge is 2.33. The standard InChI is InChI=1S/C21H29N3O3/c1-15-16(2)27-20-17(15)6-5-7-18(20)21(26)24-12-10-22(11-13-24)14-19(25)23-8-3-4-9-23/h5-7,15-16H,3-4,8-14H2,1-2H3. The van der Waals surface area contributed by atoms with E-state index < -0.39 is 0 Å². The number of benzene rings is 1. The molecule has 6 heteroatoms. The zero-order chi connectivity index (χ0) is 19.0. The zero-order valence-corrected chi connectivity index (χ0v) is 16.3. The molecule has 146 valence electrons. The number of carbonyl (C=O) groups excluding carboxylic acids is 2. The second-order valence-electron chi connectivity index (χ2n) is 7.99. The first-order valence-corrected chi connectivity index (χ1v) is 10.1. The van der Waals surface area contributed by atoms with Crippen LogP contribution in [0.3, 0.4) is 0 Å².